The number of nitrogens with zero attached hydrogens (tertiary/aromatic N) is 3. The van der Waals surface area contributed by atoms with Crippen molar-refractivity contribution in [3.8, 4) is 5.75 Å². The number of halogens is 2. The van der Waals surface area contributed by atoms with Crippen LogP contribution in [0.4, 0.5) is 21.9 Å². The Balaban J connectivity index is 1.55. The number of hydrogen-bond donors (Lipinski definition) is 2. The summed E-state index contributed by atoms with van der Waals surface area (Å²) in [5, 5.41) is 4.37. The molecule has 1 aliphatic rings. The molecule has 1 atom stereocenters. The first-order valence-electron chi connectivity index (χ1n) is 13.3. The van der Waals surface area contributed by atoms with E-state index in [1.165, 1.54) is 0 Å². The van der Waals surface area contributed by atoms with Crippen molar-refractivity contribution in [2.24, 2.45) is 5.73 Å². The van der Waals surface area contributed by atoms with Crippen LogP contribution in [0.25, 0.3) is 0 Å². The Labute approximate surface area is 250 Å². The zero-order valence-corrected chi connectivity index (χ0v) is 25.3. The second-order valence-electron chi connectivity index (χ2n) is 10.9. The molecular weight excluding hydrogens is 565 g/mol. The Hall–Kier alpha value is -3.69. The number of nitrogens with one attached hydrogen (secondary N) is 1. The smallest absolute Gasteiger partial charge is 0.410 e. The molecule has 0 radical (unpaired) electrons. The number of carbonyl (C=O) groups is 2. The van der Waals surface area contributed by atoms with Crippen molar-refractivity contribution in [1.82, 2.24) is 9.88 Å². The molecule has 9 nitrogen and oxygen atoms in total. The molecule has 0 aliphatic carbocycles. The van der Waals surface area contributed by atoms with Gasteiger partial charge in [0.25, 0.3) is 5.91 Å². The third kappa shape index (κ3) is 7.15. The minimum absolute atomic E-state index is 0.0931. The minimum Gasteiger partial charge on any atom is -0.494 e. The molecule has 1 fully saturated rings. The van der Waals surface area contributed by atoms with Crippen LogP contribution in [-0.4, -0.2) is 60.8 Å². The van der Waals surface area contributed by atoms with Crippen LogP contribution in [0.2, 0.25) is 10.0 Å². The van der Waals surface area contributed by atoms with Crippen molar-refractivity contribution in [2.45, 2.75) is 39.2 Å². The highest BCUT2D eigenvalue weighted by atomic mass is 35.5. The van der Waals surface area contributed by atoms with Gasteiger partial charge < -0.3 is 30.3 Å². The zero-order chi connectivity index (χ0) is 29.9. The topological polar surface area (TPSA) is 110 Å². The Bertz CT molecular complexity index is 1410. The van der Waals surface area contributed by atoms with E-state index >= 15 is 0 Å². The monoisotopic (exact) mass is 599 g/mol. The number of ether oxygens (including phenoxy) is 2. The lowest BCUT2D eigenvalue weighted by Gasteiger charge is -2.37. The largest absolute Gasteiger partial charge is 0.494 e. The summed E-state index contributed by atoms with van der Waals surface area (Å²) in [6.45, 7) is 9.93. The molecule has 1 saturated heterocycles. The molecule has 218 valence electrons. The standard InChI is InChI=1S/C30H35Cl2N5O4/c1-18(26-21(31)7-6-8-22(26)32)19-15-24(27(28(33)38)34-17-19)35-23-10-9-20(16-25(23)40-5)36-11-13-37(14-12-36)29(39)41-30(2,3)4/h6-10,15-18,35H,11-14H2,1-5H3,(H2,33,38). The van der Waals surface area contributed by atoms with Crippen LogP contribution in [0.3, 0.4) is 0 Å². The molecule has 0 saturated carbocycles. The molecule has 3 N–H and O–H groups in total. The molecule has 0 spiro atoms. The predicted octanol–water partition coefficient (Wildman–Crippen LogP) is 6.45. The van der Waals surface area contributed by atoms with Gasteiger partial charge in [0.05, 0.1) is 18.5 Å². The first kappa shape index (κ1) is 30.3. The van der Waals surface area contributed by atoms with Gasteiger partial charge >= 0.3 is 6.09 Å². The number of hydrogen-bond acceptors (Lipinski definition) is 7. The summed E-state index contributed by atoms with van der Waals surface area (Å²) in [5.74, 6) is -0.296. The summed E-state index contributed by atoms with van der Waals surface area (Å²) in [7, 11) is 1.58. The second kappa shape index (κ2) is 12.4. The van der Waals surface area contributed by atoms with Crippen LogP contribution in [0.5, 0.6) is 5.75 Å². The zero-order valence-electron chi connectivity index (χ0n) is 23.8. The maximum absolute atomic E-state index is 12.4. The summed E-state index contributed by atoms with van der Waals surface area (Å²) in [5.41, 5.74) is 8.79. The van der Waals surface area contributed by atoms with Gasteiger partial charge in [0.15, 0.2) is 5.69 Å². The fourth-order valence-corrected chi connectivity index (χ4v) is 5.42. The highest BCUT2D eigenvalue weighted by molar-refractivity contribution is 6.36. The van der Waals surface area contributed by atoms with Gasteiger partial charge in [-0.15, -0.1) is 0 Å². The molecule has 0 bridgehead atoms. The van der Waals surface area contributed by atoms with Crippen LogP contribution in [-0.2, 0) is 4.74 Å². The average Bonchev–Trinajstić information content (AvgIpc) is 2.92. The van der Waals surface area contributed by atoms with Crippen LogP contribution < -0.4 is 20.7 Å². The number of anilines is 3. The van der Waals surface area contributed by atoms with Gasteiger partial charge in [0.2, 0.25) is 0 Å². The van der Waals surface area contributed by atoms with Crippen molar-refractivity contribution in [3.05, 3.63) is 75.5 Å². The Morgan fingerprint density at radius 2 is 1.68 bits per heavy atom. The van der Waals surface area contributed by atoms with E-state index in [1.54, 1.807) is 36.4 Å². The van der Waals surface area contributed by atoms with Crippen molar-refractivity contribution in [1.29, 1.82) is 0 Å². The van der Waals surface area contributed by atoms with E-state index in [9.17, 15) is 9.59 Å². The SMILES string of the molecule is COc1cc(N2CCN(C(=O)OC(C)(C)C)CC2)ccc1Nc1cc(C(C)c2c(Cl)cccc2Cl)cnc1C(N)=O. The number of piperazine rings is 1. The van der Waals surface area contributed by atoms with E-state index < -0.39 is 11.5 Å². The summed E-state index contributed by atoms with van der Waals surface area (Å²) in [6.07, 6.45) is 1.30. The Kier molecular flexibility index (Phi) is 9.19. The van der Waals surface area contributed by atoms with Crippen LogP contribution in [0.15, 0.2) is 48.7 Å². The number of rotatable bonds is 7. The fraction of sp³-hybridized carbons (Fsp3) is 0.367. The maximum atomic E-state index is 12.4. The molecule has 1 unspecified atom stereocenters. The van der Waals surface area contributed by atoms with Gasteiger partial charge in [-0.2, -0.15) is 0 Å². The average molecular weight is 601 g/mol. The van der Waals surface area contributed by atoms with Gasteiger partial charge in [0, 0.05) is 60.1 Å². The maximum Gasteiger partial charge on any atom is 0.410 e. The Morgan fingerprint density at radius 3 is 2.27 bits per heavy atom. The molecular formula is C30H35Cl2N5O4. The lowest BCUT2D eigenvalue weighted by molar-refractivity contribution is 0.0240. The minimum atomic E-state index is -0.666. The second-order valence-corrected chi connectivity index (χ2v) is 11.7. The first-order chi connectivity index (χ1) is 19.4. The number of carbonyl (C=O) groups excluding carboxylic acids is 2. The normalized spacial score (nSPS) is 14.4. The number of benzene rings is 2. The summed E-state index contributed by atoms with van der Waals surface area (Å²) >= 11 is 12.9. The number of pyridine rings is 1. The van der Waals surface area contributed by atoms with Crippen LogP contribution in [0, 0.1) is 0 Å². The summed E-state index contributed by atoms with van der Waals surface area (Å²) in [6, 6.07) is 12.9. The quantitative estimate of drug-likeness (QED) is 0.321. The molecule has 1 aromatic heterocycles. The highest BCUT2D eigenvalue weighted by Gasteiger charge is 2.26. The van der Waals surface area contributed by atoms with Crippen molar-refractivity contribution in [3.63, 3.8) is 0 Å². The van der Waals surface area contributed by atoms with E-state index in [0.717, 1.165) is 16.8 Å². The van der Waals surface area contributed by atoms with Gasteiger partial charge in [0.1, 0.15) is 11.4 Å². The van der Waals surface area contributed by atoms with Gasteiger partial charge in [-0.1, -0.05) is 36.2 Å². The van der Waals surface area contributed by atoms with Gasteiger partial charge in [-0.05, 0) is 62.2 Å². The Morgan fingerprint density at radius 1 is 1.02 bits per heavy atom. The molecule has 4 rings (SSSR count). The van der Waals surface area contributed by atoms with Crippen molar-refractivity contribution >= 4 is 52.3 Å². The molecule has 3 aromatic rings. The lowest BCUT2D eigenvalue weighted by atomic mass is 9.93. The molecule has 41 heavy (non-hydrogen) atoms. The first-order valence-corrected chi connectivity index (χ1v) is 14.0. The van der Waals surface area contributed by atoms with Crippen LogP contribution >= 0.6 is 23.2 Å². The summed E-state index contributed by atoms with van der Waals surface area (Å²) in [4.78, 5) is 32.9. The molecule has 11 heteroatoms. The molecule has 2 heterocycles. The fourth-order valence-electron chi connectivity index (χ4n) is 4.70. The predicted molar refractivity (Wildman–Crippen MR) is 163 cm³/mol. The van der Waals surface area contributed by atoms with Crippen LogP contribution in [0.1, 0.15) is 55.2 Å². The van der Waals surface area contributed by atoms with E-state index in [4.69, 9.17) is 38.4 Å². The number of aromatic nitrogens is 1. The van der Waals surface area contributed by atoms with Gasteiger partial charge in [-0.3, -0.25) is 4.79 Å². The molecule has 1 aliphatic heterocycles. The van der Waals surface area contributed by atoms with Crippen molar-refractivity contribution in [2.75, 3.05) is 43.5 Å². The lowest BCUT2D eigenvalue weighted by Crippen LogP contribution is -2.50. The number of primary amides is 1. The van der Waals surface area contributed by atoms with Crippen molar-refractivity contribution < 1.29 is 19.1 Å². The van der Waals surface area contributed by atoms with E-state index in [2.05, 4.69) is 15.2 Å². The third-order valence-electron chi connectivity index (χ3n) is 6.83. The third-order valence-corrected chi connectivity index (χ3v) is 7.49. The molecule has 2 aromatic carbocycles. The van der Waals surface area contributed by atoms with E-state index in [1.807, 2.05) is 52.0 Å². The molecule has 2 amide bonds. The number of nitrogens with two attached hydrogens (primary N) is 1. The van der Waals surface area contributed by atoms with E-state index in [0.29, 0.717) is 53.3 Å². The van der Waals surface area contributed by atoms with Gasteiger partial charge in [-0.25, -0.2) is 9.78 Å². The number of methoxy groups -OCH3 is 1. The highest BCUT2D eigenvalue weighted by Crippen LogP contribution is 2.38. The van der Waals surface area contributed by atoms with E-state index in [-0.39, 0.29) is 17.7 Å². The summed E-state index contributed by atoms with van der Waals surface area (Å²) < 4.78 is 11.2. The number of amides is 2.